The normalized spacial score (nSPS) is 14.8. The Bertz CT molecular complexity index is 778. The number of nitrogens with zero attached hydrogens (tertiary/aromatic N) is 2. The number of aromatic nitrogens is 2. The summed E-state index contributed by atoms with van der Waals surface area (Å²) in [7, 11) is 0. The standard InChI is InChI=1S/C16H16ClN3O4S/c1-9(14(22)18-10-6-7-10)23-13(21)8-25-16-20-19-15(24-16)11-4-2-3-5-12(11)17/h2-5,9-10H,6-8H2,1H3,(H,18,22)/t9-/m1/s1. The summed E-state index contributed by atoms with van der Waals surface area (Å²) in [6, 6.07) is 7.32. The third-order valence-corrected chi connectivity index (χ3v) is 4.55. The van der Waals surface area contributed by atoms with Crippen LogP contribution in [-0.4, -0.2) is 40.0 Å². The van der Waals surface area contributed by atoms with Crippen molar-refractivity contribution in [2.24, 2.45) is 0 Å². The molecule has 0 saturated heterocycles. The van der Waals surface area contributed by atoms with E-state index < -0.39 is 12.1 Å². The first kappa shape index (κ1) is 17.8. The summed E-state index contributed by atoms with van der Waals surface area (Å²) in [5, 5.41) is 11.3. The molecule has 0 bridgehead atoms. The zero-order chi connectivity index (χ0) is 17.8. The van der Waals surface area contributed by atoms with Crippen molar-refractivity contribution in [3.8, 4) is 11.5 Å². The molecule has 1 N–H and O–H groups in total. The number of esters is 1. The quantitative estimate of drug-likeness (QED) is 0.582. The topological polar surface area (TPSA) is 94.3 Å². The lowest BCUT2D eigenvalue weighted by atomic mass is 10.2. The highest BCUT2D eigenvalue weighted by molar-refractivity contribution is 7.99. The first-order chi connectivity index (χ1) is 12.0. The largest absolute Gasteiger partial charge is 0.452 e. The van der Waals surface area contributed by atoms with Crippen molar-refractivity contribution in [2.75, 3.05) is 5.75 Å². The molecule has 0 unspecified atom stereocenters. The summed E-state index contributed by atoms with van der Waals surface area (Å²) >= 11 is 7.12. The lowest BCUT2D eigenvalue weighted by Gasteiger charge is -2.12. The number of halogens is 1. The molecule has 9 heteroatoms. The molecule has 1 fully saturated rings. The summed E-state index contributed by atoms with van der Waals surface area (Å²) in [6.45, 7) is 1.54. The van der Waals surface area contributed by atoms with Crippen molar-refractivity contribution < 1.29 is 18.7 Å². The average molecular weight is 382 g/mol. The Labute approximate surface area is 153 Å². The Morgan fingerprint density at radius 2 is 2.16 bits per heavy atom. The number of amides is 1. The zero-order valence-corrected chi connectivity index (χ0v) is 15.0. The van der Waals surface area contributed by atoms with Gasteiger partial charge >= 0.3 is 5.97 Å². The lowest BCUT2D eigenvalue weighted by molar-refractivity contribution is -0.152. The molecule has 1 aromatic carbocycles. The number of hydrogen-bond acceptors (Lipinski definition) is 7. The maximum atomic E-state index is 11.8. The van der Waals surface area contributed by atoms with Gasteiger partial charge in [-0.15, -0.1) is 10.2 Å². The van der Waals surface area contributed by atoms with E-state index in [1.807, 2.05) is 6.07 Å². The highest BCUT2D eigenvalue weighted by Crippen LogP contribution is 2.28. The molecule has 3 rings (SSSR count). The van der Waals surface area contributed by atoms with Gasteiger partial charge in [-0.1, -0.05) is 35.5 Å². The molecule has 0 radical (unpaired) electrons. The summed E-state index contributed by atoms with van der Waals surface area (Å²) in [4.78, 5) is 23.6. The number of carbonyl (C=O) groups is 2. The smallest absolute Gasteiger partial charge is 0.317 e. The van der Waals surface area contributed by atoms with E-state index >= 15 is 0 Å². The van der Waals surface area contributed by atoms with E-state index in [0.29, 0.717) is 10.6 Å². The molecule has 2 aromatic rings. The van der Waals surface area contributed by atoms with Gasteiger partial charge in [-0.05, 0) is 31.9 Å². The Hall–Kier alpha value is -2.06. The molecular weight excluding hydrogens is 366 g/mol. The van der Waals surface area contributed by atoms with Crippen LogP contribution in [0.4, 0.5) is 0 Å². The molecular formula is C16H16ClN3O4S. The number of thioether (sulfide) groups is 1. The van der Waals surface area contributed by atoms with Crippen LogP contribution in [0.5, 0.6) is 0 Å². The fourth-order valence-corrected chi connectivity index (χ4v) is 2.73. The van der Waals surface area contributed by atoms with Crippen LogP contribution in [0.2, 0.25) is 5.02 Å². The van der Waals surface area contributed by atoms with Crippen LogP contribution < -0.4 is 5.32 Å². The van der Waals surface area contributed by atoms with Crippen molar-refractivity contribution in [3.05, 3.63) is 29.3 Å². The van der Waals surface area contributed by atoms with Gasteiger partial charge in [-0.3, -0.25) is 9.59 Å². The molecule has 1 aliphatic carbocycles. The van der Waals surface area contributed by atoms with Crippen LogP contribution in [0.3, 0.4) is 0 Å². The van der Waals surface area contributed by atoms with E-state index in [0.717, 1.165) is 24.6 Å². The van der Waals surface area contributed by atoms with Gasteiger partial charge in [-0.25, -0.2) is 0 Å². The van der Waals surface area contributed by atoms with E-state index in [1.165, 1.54) is 0 Å². The Kier molecular flexibility index (Phi) is 5.60. The predicted octanol–water partition coefficient (Wildman–Crippen LogP) is 2.69. The van der Waals surface area contributed by atoms with Crippen LogP contribution in [0, 0.1) is 0 Å². The lowest BCUT2D eigenvalue weighted by Crippen LogP contribution is -2.37. The number of benzene rings is 1. The highest BCUT2D eigenvalue weighted by Gasteiger charge is 2.27. The molecule has 0 spiro atoms. The van der Waals surface area contributed by atoms with Crippen LogP contribution in [0.15, 0.2) is 33.9 Å². The minimum atomic E-state index is -0.824. The predicted molar refractivity (Wildman–Crippen MR) is 92.2 cm³/mol. The van der Waals surface area contributed by atoms with Crippen LogP contribution in [-0.2, 0) is 14.3 Å². The van der Waals surface area contributed by atoms with E-state index in [2.05, 4.69) is 15.5 Å². The Morgan fingerprint density at radius 1 is 1.40 bits per heavy atom. The number of ether oxygens (including phenoxy) is 1. The molecule has 7 nitrogen and oxygen atoms in total. The molecule has 1 aliphatic rings. The second-order valence-corrected chi connectivity index (χ2v) is 6.89. The van der Waals surface area contributed by atoms with Crippen LogP contribution in [0.25, 0.3) is 11.5 Å². The average Bonchev–Trinajstić information content (AvgIpc) is 3.28. The summed E-state index contributed by atoms with van der Waals surface area (Å²) in [5.41, 5.74) is 0.622. The second kappa shape index (κ2) is 7.88. The third kappa shape index (κ3) is 4.96. The van der Waals surface area contributed by atoms with Gasteiger partial charge in [0.05, 0.1) is 10.6 Å². The van der Waals surface area contributed by atoms with Gasteiger partial charge in [-0.2, -0.15) is 0 Å². The summed E-state index contributed by atoms with van der Waals surface area (Å²) in [5.74, 6) is -0.565. The van der Waals surface area contributed by atoms with Crippen molar-refractivity contribution in [1.29, 1.82) is 0 Å². The molecule has 132 valence electrons. The minimum Gasteiger partial charge on any atom is -0.452 e. The van der Waals surface area contributed by atoms with E-state index in [-0.39, 0.29) is 28.8 Å². The molecule has 25 heavy (non-hydrogen) atoms. The van der Waals surface area contributed by atoms with Gasteiger partial charge in [0.2, 0.25) is 5.89 Å². The number of nitrogens with one attached hydrogen (secondary N) is 1. The maximum Gasteiger partial charge on any atom is 0.317 e. The molecule has 1 amide bonds. The van der Waals surface area contributed by atoms with Crippen molar-refractivity contribution in [3.63, 3.8) is 0 Å². The molecule has 1 heterocycles. The van der Waals surface area contributed by atoms with Crippen molar-refractivity contribution in [2.45, 2.75) is 37.1 Å². The van der Waals surface area contributed by atoms with Crippen molar-refractivity contribution in [1.82, 2.24) is 15.5 Å². The van der Waals surface area contributed by atoms with Crippen LogP contribution >= 0.6 is 23.4 Å². The first-order valence-corrected chi connectivity index (χ1v) is 9.10. The van der Waals surface area contributed by atoms with Gasteiger partial charge < -0.3 is 14.5 Å². The Morgan fingerprint density at radius 3 is 2.88 bits per heavy atom. The number of carbonyl (C=O) groups excluding carboxylic acids is 2. The van der Waals surface area contributed by atoms with Gasteiger partial charge in [0, 0.05) is 6.04 Å². The number of hydrogen-bond donors (Lipinski definition) is 1. The van der Waals surface area contributed by atoms with E-state index in [4.69, 9.17) is 20.8 Å². The SMILES string of the molecule is C[C@@H](OC(=O)CSc1nnc(-c2ccccc2Cl)o1)C(=O)NC1CC1. The molecule has 0 aliphatic heterocycles. The monoisotopic (exact) mass is 381 g/mol. The van der Waals surface area contributed by atoms with Gasteiger partial charge in [0.25, 0.3) is 11.1 Å². The second-order valence-electron chi connectivity index (χ2n) is 5.56. The Balaban J connectivity index is 1.49. The minimum absolute atomic E-state index is 0.0365. The van der Waals surface area contributed by atoms with E-state index in [9.17, 15) is 9.59 Å². The summed E-state index contributed by atoms with van der Waals surface area (Å²) in [6.07, 6.45) is 1.13. The third-order valence-electron chi connectivity index (χ3n) is 3.43. The first-order valence-electron chi connectivity index (χ1n) is 7.74. The molecule has 1 atom stereocenters. The highest BCUT2D eigenvalue weighted by atomic mass is 35.5. The molecule has 1 aromatic heterocycles. The molecule has 1 saturated carbocycles. The van der Waals surface area contributed by atoms with Crippen molar-refractivity contribution >= 4 is 35.2 Å². The zero-order valence-electron chi connectivity index (χ0n) is 13.4. The van der Waals surface area contributed by atoms with Gasteiger partial charge in [0.15, 0.2) is 6.10 Å². The fraction of sp³-hybridized carbons (Fsp3) is 0.375. The maximum absolute atomic E-state index is 11.8. The summed E-state index contributed by atoms with van der Waals surface area (Å²) < 4.78 is 10.6. The van der Waals surface area contributed by atoms with E-state index in [1.54, 1.807) is 25.1 Å². The van der Waals surface area contributed by atoms with Crippen LogP contribution in [0.1, 0.15) is 19.8 Å². The fourth-order valence-electron chi connectivity index (χ4n) is 1.96. The number of rotatable bonds is 7. The van der Waals surface area contributed by atoms with Gasteiger partial charge in [0.1, 0.15) is 5.75 Å².